The summed E-state index contributed by atoms with van der Waals surface area (Å²) >= 11 is 0. The molecule has 2 N–H and O–H groups in total. The van der Waals surface area contributed by atoms with E-state index in [2.05, 4.69) is 17.1 Å². The van der Waals surface area contributed by atoms with Gasteiger partial charge in [0.25, 0.3) is 0 Å². The average Bonchev–Trinajstić information content (AvgIpc) is 3.30. The molecule has 2 aliphatic rings. The van der Waals surface area contributed by atoms with Crippen molar-refractivity contribution in [3.63, 3.8) is 0 Å². The molecule has 0 aromatic rings. The van der Waals surface area contributed by atoms with E-state index in [1.54, 1.807) is 0 Å². The maximum absolute atomic E-state index is 11.7. The second kappa shape index (κ2) is 7.56. The Morgan fingerprint density at radius 2 is 2.19 bits per heavy atom. The van der Waals surface area contributed by atoms with Gasteiger partial charge < -0.3 is 9.84 Å². The highest BCUT2D eigenvalue weighted by molar-refractivity contribution is 5.78. The summed E-state index contributed by atoms with van der Waals surface area (Å²) in [7, 11) is 0. The lowest BCUT2D eigenvalue weighted by Gasteiger charge is -2.36. The molecule has 0 bridgehead atoms. The molecule has 1 aliphatic carbocycles. The largest absolute Gasteiger partial charge is 0.480 e. The van der Waals surface area contributed by atoms with Crippen LogP contribution in [0, 0.1) is 0 Å². The number of hydrogen-bond donors (Lipinski definition) is 2. The SMILES string of the molecule is CCC1COCCN1CCCC(CC)(NC1CC1)C(=O)O. The van der Waals surface area contributed by atoms with Crippen LogP contribution in [0.25, 0.3) is 0 Å². The summed E-state index contributed by atoms with van der Waals surface area (Å²) < 4.78 is 5.52. The Morgan fingerprint density at radius 1 is 1.43 bits per heavy atom. The van der Waals surface area contributed by atoms with E-state index in [0.717, 1.165) is 52.0 Å². The summed E-state index contributed by atoms with van der Waals surface area (Å²) in [6.45, 7) is 7.73. The number of nitrogens with zero attached hydrogens (tertiary/aromatic N) is 1. The number of carbonyl (C=O) groups is 1. The third-order valence-corrected chi connectivity index (χ3v) is 4.94. The molecule has 2 fully saturated rings. The minimum atomic E-state index is -0.727. The second-order valence-corrected chi connectivity index (χ2v) is 6.44. The summed E-state index contributed by atoms with van der Waals surface area (Å²) in [6.07, 6.45) is 5.63. The Bertz CT molecular complexity index is 346. The van der Waals surface area contributed by atoms with Crippen LogP contribution >= 0.6 is 0 Å². The van der Waals surface area contributed by atoms with E-state index < -0.39 is 11.5 Å². The lowest BCUT2D eigenvalue weighted by molar-refractivity contribution is -0.145. The van der Waals surface area contributed by atoms with Crippen LogP contribution < -0.4 is 5.32 Å². The topological polar surface area (TPSA) is 61.8 Å². The molecule has 0 spiro atoms. The van der Waals surface area contributed by atoms with Crippen LogP contribution in [0.15, 0.2) is 0 Å². The van der Waals surface area contributed by atoms with Gasteiger partial charge in [0, 0.05) is 18.6 Å². The predicted octanol–water partition coefficient (Wildman–Crippen LogP) is 1.86. The molecule has 0 amide bonds. The molecule has 0 aromatic heterocycles. The van der Waals surface area contributed by atoms with Gasteiger partial charge in [-0.15, -0.1) is 0 Å². The smallest absolute Gasteiger partial charge is 0.323 e. The van der Waals surface area contributed by atoms with Crippen molar-refractivity contribution in [2.24, 2.45) is 0 Å². The number of morpholine rings is 1. The lowest BCUT2D eigenvalue weighted by Crippen LogP contribution is -2.53. The molecule has 1 aliphatic heterocycles. The summed E-state index contributed by atoms with van der Waals surface area (Å²) in [5.74, 6) is -0.689. The van der Waals surface area contributed by atoms with Crippen molar-refractivity contribution >= 4 is 5.97 Å². The van der Waals surface area contributed by atoms with Crippen LogP contribution in [0.5, 0.6) is 0 Å². The molecule has 2 unspecified atom stereocenters. The summed E-state index contributed by atoms with van der Waals surface area (Å²) in [5.41, 5.74) is -0.727. The van der Waals surface area contributed by atoms with E-state index in [-0.39, 0.29) is 0 Å². The number of aliphatic carboxylic acids is 1. The maximum Gasteiger partial charge on any atom is 0.323 e. The van der Waals surface area contributed by atoms with E-state index >= 15 is 0 Å². The van der Waals surface area contributed by atoms with Crippen molar-refractivity contribution in [3.8, 4) is 0 Å². The van der Waals surface area contributed by atoms with Gasteiger partial charge in [0.05, 0.1) is 13.2 Å². The highest BCUT2D eigenvalue weighted by Crippen LogP contribution is 2.27. The normalized spacial score (nSPS) is 26.5. The van der Waals surface area contributed by atoms with Crippen LogP contribution in [0.2, 0.25) is 0 Å². The molecule has 122 valence electrons. The minimum Gasteiger partial charge on any atom is -0.480 e. The Labute approximate surface area is 128 Å². The number of carboxylic acids is 1. The first kappa shape index (κ1) is 16.7. The zero-order valence-electron chi connectivity index (χ0n) is 13.4. The third kappa shape index (κ3) is 4.41. The Morgan fingerprint density at radius 3 is 2.76 bits per heavy atom. The van der Waals surface area contributed by atoms with Crippen molar-refractivity contribution in [2.45, 2.75) is 70.0 Å². The maximum atomic E-state index is 11.7. The van der Waals surface area contributed by atoms with E-state index in [1.807, 2.05) is 6.92 Å². The van der Waals surface area contributed by atoms with E-state index in [1.165, 1.54) is 0 Å². The predicted molar refractivity (Wildman–Crippen MR) is 82.5 cm³/mol. The van der Waals surface area contributed by atoms with Crippen LogP contribution in [0.1, 0.15) is 52.4 Å². The number of hydrogen-bond acceptors (Lipinski definition) is 4. The fourth-order valence-electron chi connectivity index (χ4n) is 3.23. The minimum absolute atomic E-state index is 0.424. The summed E-state index contributed by atoms with van der Waals surface area (Å²) in [6, 6.07) is 0.920. The Balaban J connectivity index is 1.84. The molecular formula is C16H30N2O3. The monoisotopic (exact) mass is 298 g/mol. The molecule has 5 nitrogen and oxygen atoms in total. The number of rotatable bonds is 9. The van der Waals surface area contributed by atoms with E-state index in [0.29, 0.717) is 24.9 Å². The van der Waals surface area contributed by atoms with Gasteiger partial charge in [-0.3, -0.25) is 15.0 Å². The molecule has 0 aromatic carbocycles. The zero-order chi connectivity index (χ0) is 15.3. The van der Waals surface area contributed by atoms with Gasteiger partial charge in [0.1, 0.15) is 5.54 Å². The molecule has 2 rings (SSSR count). The number of ether oxygens (including phenoxy) is 1. The van der Waals surface area contributed by atoms with Gasteiger partial charge in [0.2, 0.25) is 0 Å². The van der Waals surface area contributed by atoms with Gasteiger partial charge in [-0.25, -0.2) is 0 Å². The molecule has 1 saturated heterocycles. The second-order valence-electron chi connectivity index (χ2n) is 6.44. The van der Waals surface area contributed by atoms with Crippen LogP contribution in [-0.4, -0.2) is 59.9 Å². The average molecular weight is 298 g/mol. The molecule has 1 heterocycles. The third-order valence-electron chi connectivity index (χ3n) is 4.94. The van der Waals surface area contributed by atoms with Gasteiger partial charge >= 0.3 is 5.97 Å². The zero-order valence-corrected chi connectivity index (χ0v) is 13.4. The molecule has 2 atom stereocenters. The van der Waals surface area contributed by atoms with Crippen molar-refractivity contribution in [3.05, 3.63) is 0 Å². The van der Waals surface area contributed by atoms with Crippen molar-refractivity contribution in [2.75, 3.05) is 26.3 Å². The van der Waals surface area contributed by atoms with E-state index in [9.17, 15) is 9.90 Å². The summed E-state index contributed by atoms with van der Waals surface area (Å²) in [4.78, 5) is 14.2. The quantitative estimate of drug-likeness (QED) is 0.680. The molecule has 21 heavy (non-hydrogen) atoms. The standard InChI is InChI=1S/C16H30N2O3/c1-3-14-12-21-11-10-18(14)9-5-8-16(4-2,15(19)20)17-13-6-7-13/h13-14,17H,3-12H2,1-2H3,(H,19,20). The summed E-state index contributed by atoms with van der Waals surface area (Å²) in [5, 5.41) is 13.0. The first-order valence-electron chi connectivity index (χ1n) is 8.44. The fourth-order valence-corrected chi connectivity index (χ4v) is 3.23. The lowest BCUT2D eigenvalue weighted by atomic mass is 9.90. The highest BCUT2D eigenvalue weighted by atomic mass is 16.5. The van der Waals surface area contributed by atoms with Crippen LogP contribution in [-0.2, 0) is 9.53 Å². The van der Waals surface area contributed by atoms with Gasteiger partial charge in [-0.2, -0.15) is 0 Å². The van der Waals surface area contributed by atoms with Crippen LogP contribution in [0.3, 0.4) is 0 Å². The highest BCUT2D eigenvalue weighted by Gasteiger charge is 2.40. The molecule has 5 heteroatoms. The fraction of sp³-hybridized carbons (Fsp3) is 0.938. The molecule has 0 radical (unpaired) electrons. The van der Waals surface area contributed by atoms with E-state index in [4.69, 9.17) is 4.74 Å². The number of carboxylic acid groups (broad SMARTS) is 1. The number of nitrogens with one attached hydrogen (secondary N) is 1. The first-order chi connectivity index (χ1) is 10.1. The van der Waals surface area contributed by atoms with Gasteiger partial charge in [-0.05, 0) is 45.1 Å². The Hall–Kier alpha value is -0.650. The Kier molecular flexibility index (Phi) is 6.02. The van der Waals surface area contributed by atoms with Crippen molar-refractivity contribution < 1.29 is 14.6 Å². The van der Waals surface area contributed by atoms with Crippen molar-refractivity contribution in [1.29, 1.82) is 0 Å². The van der Waals surface area contributed by atoms with Gasteiger partial charge in [-0.1, -0.05) is 13.8 Å². The van der Waals surface area contributed by atoms with Crippen molar-refractivity contribution in [1.82, 2.24) is 10.2 Å². The molecule has 1 saturated carbocycles. The first-order valence-corrected chi connectivity index (χ1v) is 8.44. The molecular weight excluding hydrogens is 268 g/mol. The van der Waals surface area contributed by atoms with Crippen LogP contribution in [0.4, 0.5) is 0 Å². The van der Waals surface area contributed by atoms with Gasteiger partial charge in [0.15, 0.2) is 0 Å².